The molecule has 0 rings (SSSR count). The highest BCUT2D eigenvalue weighted by atomic mass is 32.2. The fourth-order valence-electron chi connectivity index (χ4n) is 0.535. The van der Waals surface area contributed by atoms with E-state index in [1.165, 1.54) is 0 Å². The molecule has 0 spiro atoms. The Balaban J connectivity index is 3.67. The third kappa shape index (κ3) is 11.0. The van der Waals surface area contributed by atoms with E-state index in [2.05, 4.69) is 13.6 Å². The van der Waals surface area contributed by atoms with Crippen molar-refractivity contribution in [2.45, 2.75) is 19.8 Å². The Morgan fingerprint density at radius 3 is 2.44 bits per heavy atom. The Bertz CT molecular complexity index is 286. The molecular weight excluding hydrogens is 278 g/mol. The first kappa shape index (κ1) is 16.5. The molecule has 1 atom stereocenters. The van der Waals surface area contributed by atoms with Gasteiger partial charge in [0.25, 0.3) is 0 Å². The summed E-state index contributed by atoms with van der Waals surface area (Å²) < 4.78 is 30.6. The zero-order valence-electron chi connectivity index (χ0n) is 8.70. The molecule has 7 N–H and O–H groups in total. The normalized spacial score (nSPS) is 16.0. The lowest BCUT2D eigenvalue weighted by atomic mass is 10.4. The van der Waals surface area contributed by atoms with Gasteiger partial charge in [-0.3, -0.25) is 9.13 Å². The van der Waals surface area contributed by atoms with E-state index in [9.17, 15) is 9.13 Å². The minimum absolute atomic E-state index is 0.695. The zero-order chi connectivity index (χ0) is 12.7. The molecule has 0 heterocycles. The second kappa shape index (κ2) is 7.78. The van der Waals surface area contributed by atoms with E-state index < -0.39 is 15.3 Å². The SMILES string of the molecule is CCCCSOONP(N)(=O)OP(N)(N)=O. The van der Waals surface area contributed by atoms with Crippen molar-refractivity contribution < 1.29 is 22.8 Å². The van der Waals surface area contributed by atoms with Gasteiger partial charge in [0.05, 0.1) is 0 Å². The van der Waals surface area contributed by atoms with E-state index in [0.717, 1.165) is 24.9 Å². The molecule has 0 aromatic heterocycles. The summed E-state index contributed by atoms with van der Waals surface area (Å²) >= 11 is 0.988. The summed E-state index contributed by atoms with van der Waals surface area (Å²) in [6.45, 7) is 2.02. The van der Waals surface area contributed by atoms with Crippen LogP contribution in [0.5, 0.6) is 0 Å². The second-order valence-corrected chi connectivity index (χ2v) is 6.84. The molecule has 12 heteroatoms. The number of rotatable bonds is 9. The van der Waals surface area contributed by atoms with Crippen LogP contribution in [0.1, 0.15) is 19.8 Å². The van der Waals surface area contributed by atoms with E-state index in [-0.39, 0.29) is 0 Å². The Kier molecular flexibility index (Phi) is 8.04. The van der Waals surface area contributed by atoms with Gasteiger partial charge in [-0.2, -0.15) is 0 Å². The maximum Gasteiger partial charge on any atom is 0.370 e. The van der Waals surface area contributed by atoms with Gasteiger partial charge < -0.3 is 0 Å². The van der Waals surface area contributed by atoms with Crippen molar-refractivity contribution in [3.05, 3.63) is 0 Å². The molecule has 98 valence electrons. The molecule has 0 saturated heterocycles. The molecule has 16 heavy (non-hydrogen) atoms. The molecule has 0 amide bonds. The van der Waals surface area contributed by atoms with Crippen LogP contribution in [0.4, 0.5) is 0 Å². The summed E-state index contributed by atoms with van der Waals surface area (Å²) in [4.78, 5) is 4.26. The summed E-state index contributed by atoms with van der Waals surface area (Å²) in [6, 6.07) is 0. The lowest BCUT2D eigenvalue weighted by Gasteiger charge is -2.14. The number of nitrogens with two attached hydrogens (primary N) is 3. The molecule has 0 radical (unpaired) electrons. The highest BCUT2D eigenvalue weighted by molar-refractivity contribution is 7.94. The number of nitrogens with one attached hydrogen (secondary N) is 1. The maximum atomic E-state index is 11.2. The Hall–Kier alpha value is 0.530. The molecule has 0 saturated carbocycles. The van der Waals surface area contributed by atoms with Crippen LogP contribution in [0.25, 0.3) is 0 Å². The second-order valence-electron chi connectivity index (χ2n) is 2.74. The van der Waals surface area contributed by atoms with Crippen molar-refractivity contribution in [3.63, 3.8) is 0 Å². The van der Waals surface area contributed by atoms with Gasteiger partial charge in [0.15, 0.2) is 0 Å². The van der Waals surface area contributed by atoms with Gasteiger partial charge in [-0.15, -0.1) is 9.32 Å². The first-order valence-electron chi connectivity index (χ1n) is 4.26. The highest BCUT2D eigenvalue weighted by Gasteiger charge is 2.26. The van der Waals surface area contributed by atoms with Gasteiger partial charge in [0.1, 0.15) is 0 Å². The Morgan fingerprint density at radius 2 is 1.94 bits per heavy atom. The van der Waals surface area contributed by atoms with Crippen LogP contribution in [0, 0.1) is 0 Å². The molecule has 0 aliphatic rings. The third-order valence-corrected chi connectivity index (χ3v) is 4.02. The van der Waals surface area contributed by atoms with Crippen LogP contribution in [-0.4, -0.2) is 5.75 Å². The lowest BCUT2D eigenvalue weighted by Crippen LogP contribution is -2.20. The summed E-state index contributed by atoms with van der Waals surface area (Å²) in [5.74, 6) is 0.695. The van der Waals surface area contributed by atoms with Gasteiger partial charge in [0, 0.05) is 17.8 Å². The van der Waals surface area contributed by atoms with E-state index in [4.69, 9.17) is 16.5 Å². The maximum absolute atomic E-state index is 11.2. The summed E-state index contributed by atoms with van der Waals surface area (Å²) in [7, 11) is -7.94. The molecule has 9 nitrogen and oxygen atoms in total. The van der Waals surface area contributed by atoms with Crippen molar-refractivity contribution in [1.29, 1.82) is 0 Å². The minimum atomic E-state index is -3.99. The van der Waals surface area contributed by atoms with Gasteiger partial charge >= 0.3 is 15.3 Å². The predicted molar refractivity (Wildman–Crippen MR) is 61.5 cm³/mol. The lowest BCUT2D eigenvalue weighted by molar-refractivity contribution is -0.221. The molecular formula is C4H16N4O5P2S. The highest BCUT2D eigenvalue weighted by Crippen LogP contribution is 2.47. The van der Waals surface area contributed by atoms with Crippen molar-refractivity contribution >= 4 is 27.4 Å². The fraction of sp³-hybridized carbons (Fsp3) is 1.00. The minimum Gasteiger partial charge on any atom is -0.256 e. The average Bonchev–Trinajstić information content (AvgIpc) is 2.06. The largest absolute Gasteiger partial charge is 0.370 e. The first-order valence-corrected chi connectivity index (χ1v) is 8.63. The van der Waals surface area contributed by atoms with E-state index in [0.29, 0.717) is 5.75 Å². The molecule has 1 unspecified atom stereocenters. The topological polar surface area (TPSA) is 152 Å². The van der Waals surface area contributed by atoms with Gasteiger partial charge in [-0.1, -0.05) is 18.6 Å². The fourth-order valence-corrected chi connectivity index (χ4v) is 2.93. The summed E-state index contributed by atoms with van der Waals surface area (Å²) in [6.07, 6.45) is 1.94. The van der Waals surface area contributed by atoms with Crippen molar-refractivity contribution in [1.82, 2.24) is 5.25 Å². The van der Waals surface area contributed by atoms with Crippen molar-refractivity contribution in [2.24, 2.45) is 16.5 Å². The molecule has 0 fully saturated rings. The van der Waals surface area contributed by atoms with Gasteiger partial charge in [0.2, 0.25) is 0 Å². The van der Waals surface area contributed by atoms with Crippen LogP contribution in [0.15, 0.2) is 0 Å². The molecule has 0 aliphatic heterocycles. The third-order valence-electron chi connectivity index (χ3n) is 1.08. The number of hydrogen-bond donors (Lipinski definition) is 4. The number of unbranched alkanes of at least 4 members (excludes halogenated alkanes) is 1. The molecule has 0 aromatic carbocycles. The van der Waals surface area contributed by atoms with E-state index >= 15 is 0 Å². The Labute approximate surface area is 97.9 Å². The monoisotopic (exact) mass is 294 g/mol. The van der Waals surface area contributed by atoms with E-state index in [1.807, 2.05) is 6.92 Å². The standard InChI is InChI=1S/C4H16N4O5P2S/c1-2-3-4-16-12-11-8-15(7,10)13-14(5,6)9/h2-4H2,1H3,(H4,5,6,9)(H3,7,8,10). The molecule has 0 bridgehead atoms. The smallest absolute Gasteiger partial charge is 0.256 e. The van der Waals surface area contributed by atoms with Crippen LogP contribution >= 0.6 is 27.4 Å². The van der Waals surface area contributed by atoms with Gasteiger partial charge in [-0.05, 0) is 6.42 Å². The van der Waals surface area contributed by atoms with Gasteiger partial charge in [-0.25, -0.2) is 20.8 Å². The van der Waals surface area contributed by atoms with E-state index in [1.54, 1.807) is 5.25 Å². The predicted octanol–water partition coefficient (Wildman–Crippen LogP) is 0.996. The summed E-state index contributed by atoms with van der Waals surface area (Å²) in [5.41, 5.74) is 14.6. The Morgan fingerprint density at radius 1 is 1.31 bits per heavy atom. The molecule has 0 aromatic rings. The first-order chi connectivity index (χ1) is 7.27. The van der Waals surface area contributed by atoms with Crippen LogP contribution in [-0.2, 0) is 22.8 Å². The number of hydrogen-bond acceptors (Lipinski definition) is 6. The zero-order valence-corrected chi connectivity index (χ0v) is 11.3. The van der Waals surface area contributed by atoms with Crippen LogP contribution < -0.4 is 21.8 Å². The average molecular weight is 294 g/mol. The van der Waals surface area contributed by atoms with Crippen LogP contribution in [0.2, 0.25) is 0 Å². The van der Waals surface area contributed by atoms with Crippen molar-refractivity contribution in [2.75, 3.05) is 5.75 Å². The molecule has 0 aliphatic carbocycles. The van der Waals surface area contributed by atoms with Crippen molar-refractivity contribution in [3.8, 4) is 0 Å². The summed E-state index contributed by atoms with van der Waals surface area (Å²) in [5, 5.41) is 1.73. The quantitative estimate of drug-likeness (QED) is 0.159. The van der Waals surface area contributed by atoms with Crippen LogP contribution in [0.3, 0.4) is 0 Å².